The van der Waals surface area contributed by atoms with E-state index in [4.69, 9.17) is 5.73 Å². The first-order valence-electron chi connectivity index (χ1n) is 13.7. The summed E-state index contributed by atoms with van der Waals surface area (Å²) in [6.07, 6.45) is 8.01. The summed E-state index contributed by atoms with van der Waals surface area (Å²) in [5.74, 6) is 0.934. The largest absolute Gasteiger partial charge is 0.343 e. The van der Waals surface area contributed by atoms with Crippen molar-refractivity contribution in [1.82, 2.24) is 15.1 Å². The number of anilines is 1. The zero-order valence-electron chi connectivity index (χ0n) is 22.3. The van der Waals surface area contributed by atoms with E-state index in [0.717, 1.165) is 60.9 Å². The van der Waals surface area contributed by atoms with E-state index >= 15 is 0 Å². The van der Waals surface area contributed by atoms with Crippen molar-refractivity contribution < 1.29 is 9.59 Å². The molecule has 0 bridgehead atoms. The Morgan fingerprint density at radius 3 is 2.42 bits per heavy atom. The second kappa shape index (κ2) is 11.3. The number of nitrogens with zero attached hydrogens (tertiary/aromatic N) is 3. The van der Waals surface area contributed by atoms with Crippen molar-refractivity contribution in [3.8, 4) is 22.4 Å². The van der Waals surface area contributed by atoms with Crippen LogP contribution in [-0.2, 0) is 15.1 Å². The van der Waals surface area contributed by atoms with Gasteiger partial charge >= 0.3 is 0 Å². The Bertz CT molecular complexity index is 1260. The van der Waals surface area contributed by atoms with Crippen molar-refractivity contribution in [2.24, 2.45) is 11.7 Å². The van der Waals surface area contributed by atoms with Gasteiger partial charge in [-0.3, -0.25) is 9.59 Å². The molecule has 0 unspecified atom stereocenters. The fraction of sp³-hybridized carbons (Fsp3) is 0.467. The lowest BCUT2D eigenvalue weighted by Crippen LogP contribution is -2.43. The van der Waals surface area contributed by atoms with Gasteiger partial charge in [0.2, 0.25) is 11.8 Å². The third kappa shape index (κ3) is 5.66. The van der Waals surface area contributed by atoms with Gasteiger partial charge in [-0.15, -0.1) is 10.2 Å². The van der Waals surface area contributed by atoms with Gasteiger partial charge in [0.05, 0.1) is 0 Å². The van der Waals surface area contributed by atoms with E-state index in [-0.39, 0.29) is 23.4 Å². The summed E-state index contributed by atoms with van der Waals surface area (Å²) >= 11 is 1.63. The van der Waals surface area contributed by atoms with Crippen molar-refractivity contribution in [3.05, 3.63) is 52.7 Å². The molecule has 200 valence electrons. The number of amides is 2. The fourth-order valence-corrected chi connectivity index (χ4v) is 6.41. The third-order valence-electron chi connectivity index (χ3n) is 8.41. The SMILES string of the molecule is CCC(=O)N(C)C1CCC(CC(=O)Nc2cc(-c3ccsc3)c(-c3ccc(C4(N)CCC4)cc3)nn2)CC1. The van der Waals surface area contributed by atoms with Gasteiger partial charge < -0.3 is 16.0 Å². The highest BCUT2D eigenvalue weighted by atomic mass is 32.1. The van der Waals surface area contributed by atoms with E-state index in [1.807, 2.05) is 30.3 Å². The zero-order valence-corrected chi connectivity index (χ0v) is 23.1. The van der Waals surface area contributed by atoms with Crippen LogP contribution in [0.2, 0.25) is 0 Å². The quantitative estimate of drug-likeness (QED) is 0.373. The Balaban J connectivity index is 1.26. The maximum atomic E-state index is 12.9. The van der Waals surface area contributed by atoms with E-state index in [9.17, 15) is 9.59 Å². The molecule has 1 aromatic carbocycles. The molecule has 0 aliphatic heterocycles. The number of nitrogens with one attached hydrogen (secondary N) is 1. The van der Waals surface area contributed by atoms with Gasteiger partial charge in [0.15, 0.2) is 5.82 Å². The zero-order chi connectivity index (χ0) is 26.7. The summed E-state index contributed by atoms with van der Waals surface area (Å²) in [5.41, 5.74) is 11.2. The minimum absolute atomic E-state index is 0.0390. The smallest absolute Gasteiger partial charge is 0.225 e. The highest BCUT2D eigenvalue weighted by molar-refractivity contribution is 7.08. The first-order valence-corrected chi connectivity index (χ1v) is 14.7. The van der Waals surface area contributed by atoms with E-state index < -0.39 is 0 Å². The van der Waals surface area contributed by atoms with Crippen molar-refractivity contribution in [1.29, 1.82) is 0 Å². The Morgan fingerprint density at radius 2 is 1.82 bits per heavy atom. The molecule has 2 saturated carbocycles. The molecule has 0 radical (unpaired) electrons. The van der Waals surface area contributed by atoms with Crippen LogP contribution in [0.4, 0.5) is 5.82 Å². The van der Waals surface area contributed by atoms with Crippen LogP contribution in [-0.4, -0.2) is 40.0 Å². The van der Waals surface area contributed by atoms with Crippen molar-refractivity contribution in [3.63, 3.8) is 0 Å². The van der Waals surface area contributed by atoms with E-state index in [1.165, 1.54) is 12.0 Å². The molecule has 0 atom stereocenters. The Labute approximate surface area is 228 Å². The van der Waals surface area contributed by atoms with Gasteiger partial charge in [-0.25, -0.2) is 0 Å². The van der Waals surface area contributed by atoms with Crippen LogP contribution in [0.25, 0.3) is 22.4 Å². The average molecular weight is 532 g/mol. The van der Waals surface area contributed by atoms with Crippen LogP contribution >= 0.6 is 11.3 Å². The standard InChI is InChI=1S/C30H37N5O2S/c1-3-28(37)35(2)24-11-5-20(6-12-24)17-27(36)32-26-18-25(22-13-16-38-19-22)29(34-33-26)21-7-9-23(10-8-21)30(31)14-4-15-30/h7-10,13,16,18-20,24H,3-6,11-12,14-15,17,31H2,1-2H3,(H,32,33,36). The van der Waals surface area contributed by atoms with Crippen LogP contribution in [0.15, 0.2) is 47.2 Å². The monoisotopic (exact) mass is 531 g/mol. The number of nitrogens with two attached hydrogens (primary N) is 1. The number of aromatic nitrogens is 2. The molecule has 8 heteroatoms. The number of thiophene rings is 1. The summed E-state index contributed by atoms with van der Waals surface area (Å²) < 4.78 is 0. The molecule has 3 aromatic rings. The third-order valence-corrected chi connectivity index (χ3v) is 9.09. The Hall–Kier alpha value is -3.10. The normalized spacial score (nSPS) is 20.4. The van der Waals surface area contributed by atoms with Gasteiger partial charge in [-0.1, -0.05) is 31.2 Å². The summed E-state index contributed by atoms with van der Waals surface area (Å²) in [4.78, 5) is 26.8. The maximum Gasteiger partial charge on any atom is 0.225 e. The number of carbonyl (C=O) groups excluding carboxylic acids is 2. The molecule has 3 N–H and O–H groups in total. The Kier molecular flexibility index (Phi) is 7.91. The molecule has 2 aromatic heterocycles. The summed E-state index contributed by atoms with van der Waals surface area (Å²) in [5, 5.41) is 16.0. The van der Waals surface area contributed by atoms with Crippen LogP contribution in [0.5, 0.6) is 0 Å². The number of benzene rings is 1. The van der Waals surface area contributed by atoms with Gasteiger partial charge in [0.25, 0.3) is 0 Å². The molecule has 7 nitrogen and oxygen atoms in total. The predicted molar refractivity (Wildman–Crippen MR) is 153 cm³/mol. The van der Waals surface area contributed by atoms with Crippen molar-refractivity contribution in [2.75, 3.05) is 12.4 Å². The van der Waals surface area contributed by atoms with Crippen molar-refractivity contribution in [2.45, 2.75) is 76.3 Å². The summed E-state index contributed by atoms with van der Waals surface area (Å²) in [7, 11) is 1.90. The van der Waals surface area contributed by atoms with Gasteiger partial charge in [0.1, 0.15) is 5.69 Å². The molecule has 5 rings (SSSR count). The van der Waals surface area contributed by atoms with Gasteiger partial charge in [-0.05, 0) is 84.9 Å². The van der Waals surface area contributed by atoms with Crippen LogP contribution in [0.3, 0.4) is 0 Å². The second-order valence-electron chi connectivity index (χ2n) is 10.9. The first-order chi connectivity index (χ1) is 18.4. The van der Waals surface area contributed by atoms with E-state index in [2.05, 4.69) is 51.2 Å². The molecule has 2 aliphatic carbocycles. The second-order valence-corrected chi connectivity index (χ2v) is 11.7. The average Bonchev–Trinajstić information content (AvgIpc) is 3.46. The molecule has 2 fully saturated rings. The fourth-order valence-electron chi connectivity index (χ4n) is 5.76. The molecule has 0 spiro atoms. The highest BCUT2D eigenvalue weighted by Gasteiger charge is 2.34. The lowest BCUT2D eigenvalue weighted by atomic mass is 9.72. The molecule has 38 heavy (non-hydrogen) atoms. The summed E-state index contributed by atoms with van der Waals surface area (Å²) in [6.45, 7) is 1.90. The number of hydrogen-bond acceptors (Lipinski definition) is 6. The Morgan fingerprint density at radius 1 is 1.08 bits per heavy atom. The molecular formula is C30H37N5O2S. The number of carbonyl (C=O) groups is 2. The van der Waals surface area contributed by atoms with Crippen LogP contribution < -0.4 is 11.1 Å². The van der Waals surface area contributed by atoms with Crippen LogP contribution in [0.1, 0.15) is 70.3 Å². The van der Waals surface area contributed by atoms with E-state index in [1.54, 1.807) is 11.3 Å². The lowest BCUT2D eigenvalue weighted by Gasteiger charge is -2.38. The van der Waals surface area contributed by atoms with Crippen LogP contribution in [0, 0.1) is 5.92 Å². The molecule has 0 saturated heterocycles. The highest BCUT2D eigenvalue weighted by Crippen LogP contribution is 2.40. The molecule has 2 amide bonds. The summed E-state index contributed by atoms with van der Waals surface area (Å²) in [6, 6.07) is 12.6. The molecule has 2 aliphatic rings. The lowest BCUT2D eigenvalue weighted by molar-refractivity contribution is -0.132. The topological polar surface area (TPSA) is 101 Å². The number of rotatable bonds is 8. The maximum absolute atomic E-state index is 12.9. The van der Waals surface area contributed by atoms with Crippen molar-refractivity contribution >= 4 is 29.0 Å². The van der Waals surface area contributed by atoms with E-state index in [0.29, 0.717) is 24.6 Å². The predicted octanol–water partition coefficient (Wildman–Crippen LogP) is 5.97. The molecular weight excluding hydrogens is 494 g/mol. The first kappa shape index (κ1) is 26.5. The number of hydrogen-bond donors (Lipinski definition) is 2. The minimum Gasteiger partial charge on any atom is -0.343 e. The minimum atomic E-state index is -0.198. The van der Waals surface area contributed by atoms with Gasteiger partial charge in [-0.2, -0.15) is 11.3 Å². The molecule has 2 heterocycles. The van der Waals surface area contributed by atoms with Gasteiger partial charge in [0, 0.05) is 42.6 Å².